The number of hydrogen-bond acceptors (Lipinski definition) is 6. The van der Waals surface area contributed by atoms with Gasteiger partial charge in [-0.15, -0.1) is 0 Å². The van der Waals surface area contributed by atoms with Crippen molar-refractivity contribution in [3.8, 4) is 11.5 Å². The molecule has 0 radical (unpaired) electrons. The zero-order valence-corrected chi connectivity index (χ0v) is 17.8. The summed E-state index contributed by atoms with van der Waals surface area (Å²) in [5.74, 6) is -0.820. The summed E-state index contributed by atoms with van der Waals surface area (Å²) in [5, 5.41) is 10.8. The first-order valence-corrected chi connectivity index (χ1v) is 10.6. The van der Waals surface area contributed by atoms with Crippen molar-refractivity contribution in [2.75, 3.05) is 4.72 Å². The largest absolute Gasteiger partial charge is 0.457 e. The number of anilines is 1. The number of ether oxygens (including phenoxy) is 1. The van der Waals surface area contributed by atoms with Crippen molar-refractivity contribution in [2.24, 2.45) is 0 Å². The van der Waals surface area contributed by atoms with Crippen LogP contribution in [0.2, 0.25) is 10.2 Å². The van der Waals surface area contributed by atoms with E-state index in [9.17, 15) is 31.7 Å². The summed E-state index contributed by atoms with van der Waals surface area (Å²) in [6, 6.07) is 7.67. The number of hydrogen-bond donors (Lipinski definition) is 1. The number of halogens is 5. The second-order valence-corrected chi connectivity index (χ2v) is 8.58. The highest BCUT2D eigenvalue weighted by Gasteiger charge is 2.36. The maximum absolute atomic E-state index is 13.3. The minimum Gasteiger partial charge on any atom is -0.457 e. The lowest BCUT2D eigenvalue weighted by atomic mass is 10.1. The molecule has 2 aromatic carbocycles. The Morgan fingerprint density at radius 2 is 1.72 bits per heavy atom. The second-order valence-electron chi connectivity index (χ2n) is 6.11. The van der Waals surface area contributed by atoms with Crippen LogP contribution in [0.5, 0.6) is 11.5 Å². The number of alkyl halides is 3. The number of non-ortho nitro benzene ring substituents is 1. The lowest BCUT2D eigenvalue weighted by molar-refractivity contribution is -0.385. The van der Waals surface area contributed by atoms with Gasteiger partial charge in [0.15, 0.2) is 5.15 Å². The van der Waals surface area contributed by atoms with Crippen molar-refractivity contribution in [3.63, 3.8) is 0 Å². The average Bonchev–Trinajstić information content (AvgIpc) is 2.70. The van der Waals surface area contributed by atoms with Gasteiger partial charge in [-0.25, -0.2) is 13.4 Å². The molecule has 3 aromatic rings. The number of sulfonamides is 1. The number of pyridine rings is 1. The number of benzene rings is 2. The van der Waals surface area contributed by atoms with Crippen LogP contribution >= 0.6 is 23.2 Å². The van der Waals surface area contributed by atoms with Crippen LogP contribution in [0.1, 0.15) is 5.56 Å². The van der Waals surface area contributed by atoms with Crippen LogP contribution in [-0.2, 0) is 16.2 Å². The molecule has 3 rings (SSSR count). The third-order valence-corrected chi connectivity index (χ3v) is 5.78. The van der Waals surface area contributed by atoms with Crippen LogP contribution in [-0.4, -0.2) is 18.3 Å². The molecule has 0 saturated heterocycles. The molecule has 1 heterocycles. The van der Waals surface area contributed by atoms with E-state index in [-0.39, 0.29) is 26.5 Å². The molecule has 0 aliphatic carbocycles. The molecule has 0 amide bonds. The summed E-state index contributed by atoms with van der Waals surface area (Å²) in [4.78, 5) is 13.3. The zero-order chi connectivity index (χ0) is 23.7. The zero-order valence-electron chi connectivity index (χ0n) is 15.4. The first kappa shape index (κ1) is 23.6. The van der Waals surface area contributed by atoms with E-state index in [4.69, 9.17) is 27.9 Å². The van der Waals surface area contributed by atoms with Gasteiger partial charge in [-0.05, 0) is 36.4 Å². The minimum atomic E-state index is -4.92. The van der Waals surface area contributed by atoms with E-state index in [0.717, 1.165) is 36.4 Å². The Morgan fingerprint density at radius 1 is 1.06 bits per heavy atom. The maximum Gasteiger partial charge on any atom is 0.420 e. The molecule has 1 N–H and O–H groups in total. The van der Waals surface area contributed by atoms with Crippen molar-refractivity contribution < 1.29 is 31.2 Å². The lowest BCUT2D eigenvalue weighted by Crippen LogP contribution is -2.13. The van der Waals surface area contributed by atoms with Crippen LogP contribution < -0.4 is 9.46 Å². The Morgan fingerprint density at radius 3 is 2.31 bits per heavy atom. The third-order valence-electron chi connectivity index (χ3n) is 3.89. The molecule has 0 aliphatic rings. The SMILES string of the molecule is O=[N+]([O-])c1ccc(Oc2ccc(S(=O)(=O)Nc3cc(Cl)cnc3Cl)cc2)c(C(F)(F)F)c1. The Hall–Kier alpha value is -3.09. The monoisotopic (exact) mass is 507 g/mol. The van der Waals surface area contributed by atoms with Crippen molar-refractivity contribution in [1.82, 2.24) is 4.98 Å². The van der Waals surface area contributed by atoms with Crippen molar-refractivity contribution in [3.05, 3.63) is 80.6 Å². The van der Waals surface area contributed by atoms with Crippen LogP contribution in [0.4, 0.5) is 24.5 Å². The Labute approximate surface area is 188 Å². The molecule has 8 nitrogen and oxygen atoms in total. The van der Waals surface area contributed by atoms with E-state index < -0.39 is 38.1 Å². The topological polar surface area (TPSA) is 111 Å². The van der Waals surface area contributed by atoms with Gasteiger partial charge < -0.3 is 4.74 Å². The summed E-state index contributed by atoms with van der Waals surface area (Å²) < 4.78 is 72.2. The molecule has 1 aromatic heterocycles. The second kappa shape index (κ2) is 8.81. The summed E-state index contributed by atoms with van der Waals surface area (Å²) in [6.07, 6.45) is -3.69. The van der Waals surface area contributed by atoms with E-state index in [1.807, 2.05) is 0 Å². The minimum absolute atomic E-state index is 0.0693. The molecule has 0 saturated carbocycles. The summed E-state index contributed by atoms with van der Waals surface area (Å²) in [7, 11) is -4.13. The molecular formula is C18H10Cl2F3N3O5S. The molecular weight excluding hydrogens is 498 g/mol. The molecule has 0 spiro atoms. The highest BCUT2D eigenvalue weighted by Crippen LogP contribution is 2.40. The van der Waals surface area contributed by atoms with Crippen LogP contribution in [0.3, 0.4) is 0 Å². The van der Waals surface area contributed by atoms with Crippen molar-refractivity contribution in [2.45, 2.75) is 11.1 Å². The number of rotatable bonds is 6. The molecule has 0 fully saturated rings. The predicted octanol–water partition coefficient (Wildman–Crippen LogP) is 5.91. The smallest absolute Gasteiger partial charge is 0.420 e. The van der Waals surface area contributed by atoms with Gasteiger partial charge in [-0.3, -0.25) is 14.8 Å². The average molecular weight is 508 g/mol. The van der Waals surface area contributed by atoms with Gasteiger partial charge in [0.25, 0.3) is 15.7 Å². The lowest BCUT2D eigenvalue weighted by Gasteiger charge is -2.14. The number of nitro benzene ring substituents is 1. The molecule has 168 valence electrons. The van der Waals surface area contributed by atoms with Gasteiger partial charge in [0, 0.05) is 18.3 Å². The normalized spacial score (nSPS) is 11.8. The van der Waals surface area contributed by atoms with E-state index in [1.165, 1.54) is 12.3 Å². The fourth-order valence-electron chi connectivity index (χ4n) is 2.45. The fraction of sp³-hybridized carbons (Fsp3) is 0.0556. The highest BCUT2D eigenvalue weighted by atomic mass is 35.5. The van der Waals surface area contributed by atoms with Gasteiger partial charge in [0.2, 0.25) is 0 Å². The Kier molecular flexibility index (Phi) is 6.49. The fourth-order valence-corrected chi connectivity index (χ4v) is 3.88. The molecule has 32 heavy (non-hydrogen) atoms. The maximum atomic E-state index is 13.3. The van der Waals surface area contributed by atoms with E-state index >= 15 is 0 Å². The van der Waals surface area contributed by atoms with Gasteiger partial charge in [0.1, 0.15) is 17.1 Å². The van der Waals surface area contributed by atoms with Gasteiger partial charge >= 0.3 is 6.18 Å². The third kappa shape index (κ3) is 5.39. The number of nitrogens with zero attached hydrogens (tertiary/aromatic N) is 2. The highest BCUT2D eigenvalue weighted by molar-refractivity contribution is 7.92. The van der Waals surface area contributed by atoms with E-state index in [2.05, 4.69) is 9.71 Å². The molecule has 0 aliphatic heterocycles. The first-order valence-electron chi connectivity index (χ1n) is 8.34. The van der Waals surface area contributed by atoms with Crippen molar-refractivity contribution >= 4 is 44.6 Å². The Bertz CT molecular complexity index is 1290. The predicted molar refractivity (Wildman–Crippen MR) is 110 cm³/mol. The first-order chi connectivity index (χ1) is 14.9. The number of nitrogens with one attached hydrogen (secondary N) is 1. The standard InChI is InChI=1S/C18H10Cl2F3N3O5S/c19-10-7-15(17(20)24-9-10)25-32(29,30)13-4-2-12(3-5-13)31-16-6-1-11(26(27)28)8-14(16)18(21,22)23/h1-9,25H. The molecule has 0 atom stereocenters. The summed E-state index contributed by atoms with van der Waals surface area (Å²) in [6.45, 7) is 0. The quantitative estimate of drug-likeness (QED) is 0.252. The van der Waals surface area contributed by atoms with Crippen LogP contribution in [0.25, 0.3) is 0 Å². The summed E-state index contributed by atoms with van der Waals surface area (Å²) in [5.41, 5.74) is -2.18. The van der Waals surface area contributed by atoms with Crippen molar-refractivity contribution in [1.29, 1.82) is 0 Å². The van der Waals surface area contributed by atoms with E-state index in [1.54, 1.807) is 0 Å². The Balaban J connectivity index is 1.86. The van der Waals surface area contributed by atoms with E-state index in [0.29, 0.717) is 6.07 Å². The van der Waals surface area contributed by atoms with Crippen LogP contribution in [0, 0.1) is 10.1 Å². The van der Waals surface area contributed by atoms with Gasteiger partial charge in [0.05, 0.1) is 20.5 Å². The molecule has 0 unspecified atom stereocenters. The van der Waals surface area contributed by atoms with Crippen LogP contribution in [0.15, 0.2) is 59.6 Å². The summed E-state index contributed by atoms with van der Waals surface area (Å²) >= 11 is 11.6. The molecule has 14 heteroatoms. The number of aromatic nitrogens is 1. The number of nitro groups is 1. The van der Waals surface area contributed by atoms with Gasteiger partial charge in [-0.1, -0.05) is 23.2 Å². The van der Waals surface area contributed by atoms with Gasteiger partial charge in [-0.2, -0.15) is 13.2 Å². The molecule has 0 bridgehead atoms.